The zero-order valence-electron chi connectivity index (χ0n) is 10.6. The number of nitrogens with one attached hydrogen (secondary N) is 1. The average molecular weight is 303 g/mol. The van der Waals surface area contributed by atoms with Crippen LogP contribution >= 0.6 is 11.3 Å². The maximum absolute atomic E-state index is 12.1. The predicted octanol–water partition coefficient (Wildman–Crippen LogP) is 0.893. The normalized spacial score (nSPS) is 10.9. The van der Waals surface area contributed by atoms with Crippen LogP contribution in [0, 0.1) is 0 Å². The zero-order chi connectivity index (χ0) is 15.0. The molecule has 0 bridgehead atoms. The lowest BCUT2D eigenvalue weighted by Gasteiger charge is -2.10. The molecular formula is C13H9N3O4S. The van der Waals surface area contributed by atoms with Gasteiger partial charge in [-0.15, -0.1) is 11.3 Å². The Bertz CT molecular complexity index is 940. The van der Waals surface area contributed by atoms with Crippen LogP contribution in [0.3, 0.4) is 0 Å². The van der Waals surface area contributed by atoms with Gasteiger partial charge in [-0.1, -0.05) is 6.07 Å². The zero-order valence-corrected chi connectivity index (χ0v) is 11.4. The van der Waals surface area contributed by atoms with Gasteiger partial charge >= 0.3 is 17.1 Å². The first-order valence-corrected chi connectivity index (χ1v) is 6.82. The summed E-state index contributed by atoms with van der Waals surface area (Å²) in [6.07, 6.45) is 1.58. The van der Waals surface area contributed by atoms with Gasteiger partial charge in [0, 0.05) is 11.1 Å². The molecule has 0 saturated carbocycles. The van der Waals surface area contributed by atoms with Crippen LogP contribution in [0.15, 0.2) is 39.5 Å². The van der Waals surface area contributed by atoms with Gasteiger partial charge in [0.2, 0.25) is 0 Å². The van der Waals surface area contributed by atoms with Gasteiger partial charge in [-0.2, -0.15) is 0 Å². The summed E-state index contributed by atoms with van der Waals surface area (Å²) in [7, 11) is 0. The number of H-pyrrole nitrogens is 1. The highest BCUT2D eigenvalue weighted by atomic mass is 32.1. The molecule has 2 N–H and O–H groups in total. The van der Waals surface area contributed by atoms with Gasteiger partial charge in [0.1, 0.15) is 0 Å². The molecule has 0 aliphatic rings. The molecule has 106 valence electrons. The number of carboxylic acids is 1. The molecule has 0 unspecified atom stereocenters. The highest BCUT2D eigenvalue weighted by molar-refractivity contribution is 7.09. The van der Waals surface area contributed by atoms with Crippen molar-refractivity contribution in [3.05, 3.63) is 61.1 Å². The number of hydrogen-bond donors (Lipinski definition) is 2. The first kappa shape index (κ1) is 13.3. The first-order chi connectivity index (χ1) is 10.1. The fourth-order valence-electron chi connectivity index (χ4n) is 2.13. The van der Waals surface area contributed by atoms with Gasteiger partial charge < -0.3 is 10.1 Å². The van der Waals surface area contributed by atoms with Crippen molar-refractivity contribution in [2.75, 3.05) is 0 Å². The molecule has 0 fully saturated rings. The van der Waals surface area contributed by atoms with E-state index >= 15 is 0 Å². The monoisotopic (exact) mass is 303 g/mol. The van der Waals surface area contributed by atoms with Crippen molar-refractivity contribution < 1.29 is 9.90 Å². The Morgan fingerprint density at radius 2 is 2.19 bits per heavy atom. The standard InChI is InChI=1S/C13H9N3O4S/c17-11-12(18)16(5-7-4-14-6-21-7)10-8(13(19)20)2-1-3-9(10)15-11/h1-4,6H,5H2,(H,15,17)(H,19,20). The number of benzene rings is 1. The summed E-state index contributed by atoms with van der Waals surface area (Å²) >= 11 is 1.32. The third-order valence-electron chi connectivity index (χ3n) is 3.02. The van der Waals surface area contributed by atoms with E-state index in [1.165, 1.54) is 28.0 Å². The number of aromatic nitrogens is 3. The molecule has 3 aromatic rings. The summed E-state index contributed by atoms with van der Waals surface area (Å²) < 4.78 is 1.17. The van der Waals surface area contributed by atoms with Crippen molar-refractivity contribution in [2.24, 2.45) is 0 Å². The lowest BCUT2D eigenvalue weighted by molar-refractivity contribution is 0.0698. The molecule has 0 spiro atoms. The van der Waals surface area contributed by atoms with Gasteiger partial charge in [-0.3, -0.25) is 19.1 Å². The summed E-state index contributed by atoms with van der Waals surface area (Å²) in [4.78, 5) is 42.2. The van der Waals surface area contributed by atoms with Crippen LogP contribution in [0.25, 0.3) is 11.0 Å². The highest BCUT2D eigenvalue weighted by Crippen LogP contribution is 2.17. The summed E-state index contributed by atoms with van der Waals surface area (Å²) in [6.45, 7) is 0.105. The van der Waals surface area contributed by atoms with E-state index in [9.17, 15) is 19.5 Å². The molecule has 21 heavy (non-hydrogen) atoms. The van der Waals surface area contributed by atoms with Crippen molar-refractivity contribution in [2.45, 2.75) is 6.54 Å². The SMILES string of the molecule is O=C(O)c1cccc2[nH]c(=O)c(=O)n(Cc3cncs3)c12. The number of nitrogens with zero attached hydrogens (tertiary/aromatic N) is 2. The molecule has 0 atom stereocenters. The number of carbonyl (C=O) groups is 1. The highest BCUT2D eigenvalue weighted by Gasteiger charge is 2.16. The van der Waals surface area contributed by atoms with E-state index in [1.54, 1.807) is 17.8 Å². The number of carboxylic acid groups (broad SMARTS) is 1. The third-order valence-corrected chi connectivity index (χ3v) is 3.79. The summed E-state index contributed by atoms with van der Waals surface area (Å²) in [5.41, 5.74) is 0.505. The Morgan fingerprint density at radius 1 is 1.38 bits per heavy atom. The largest absolute Gasteiger partial charge is 0.478 e. The molecule has 8 heteroatoms. The molecular weight excluding hydrogens is 294 g/mol. The number of fused-ring (bicyclic) bond motifs is 1. The minimum atomic E-state index is -1.16. The molecule has 0 aliphatic carbocycles. The summed E-state index contributed by atoms with van der Waals surface area (Å²) in [5, 5.41) is 9.28. The lowest BCUT2D eigenvalue weighted by Crippen LogP contribution is -2.37. The molecule has 2 aromatic heterocycles. The molecule has 3 rings (SSSR count). The number of aromatic carboxylic acids is 1. The van der Waals surface area contributed by atoms with Gasteiger partial charge in [-0.05, 0) is 12.1 Å². The van der Waals surface area contributed by atoms with E-state index in [2.05, 4.69) is 9.97 Å². The molecule has 7 nitrogen and oxygen atoms in total. The minimum Gasteiger partial charge on any atom is -0.478 e. The topological polar surface area (TPSA) is 105 Å². The van der Waals surface area contributed by atoms with Gasteiger partial charge in [-0.25, -0.2) is 4.79 Å². The van der Waals surface area contributed by atoms with Crippen LogP contribution in [0.5, 0.6) is 0 Å². The Hall–Kier alpha value is -2.74. The van der Waals surface area contributed by atoms with Crippen molar-refractivity contribution in [3.63, 3.8) is 0 Å². The van der Waals surface area contributed by atoms with E-state index in [0.717, 1.165) is 4.88 Å². The smallest absolute Gasteiger partial charge is 0.337 e. The van der Waals surface area contributed by atoms with Crippen molar-refractivity contribution >= 4 is 28.3 Å². The summed E-state index contributed by atoms with van der Waals surface area (Å²) in [5.74, 6) is -1.16. The number of para-hydroxylation sites is 1. The molecule has 1 aromatic carbocycles. The van der Waals surface area contributed by atoms with E-state index < -0.39 is 17.1 Å². The quantitative estimate of drug-likeness (QED) is 0.699. The first-order valence-electron chi connectivity index (χ1n) is 5.94. The number of hydrogen-bond acceptors (Lipinski definition) is 5. The second-order valence-electron chi connectivity index (χ2n) is 4.32. The van der Waals surface area contributed by atoms with Crippen molar-refractivity contribution in [3.8, 4) is 0 Å². The van der Waals surface area contributed by atoms with Crippen molar-refractivity contribution in [1.29, 1.82) is 0 Å². The van der Waals surface area contributed by atoms with Crippen LogP contribution < -0.4 is 11.1 Å². The Kier molecular flexibility index (Phi) is 3.15. The fraction of sp³-hybridized carbons (Fsp3) is 0.0769. The molecule has 0 saturated heterocycles. The number of rotatable bonds is 3. The van der Waals surface area contributed by atoms with Gasteiger partial charge in [0.15, 0.2) is 0 Å². The molecule has 0 amide bonds. The maximum atomic E-state index is 12.1. The molecule has 0 radical (unpaired) electrons. The average Bonchev–Trinajstić information content (AvgIpc) is 2.96. The second-order valence-corrected chi connectivity index (χ2v) is 5.29. The molecule has 0 aliphatic heterocycles. The van der Waals surface area contributed by atoms with Gasteiger partial charge in [0.05, 0.1) is 28.7 Å². The molecule has 2 heterocycles. The van der Waals surface area contributed by atoms with E-state index in [0.29, 0.717) is 5.52 Å². The number of aromatic amines is 1. The van der Waals surface area contributed by atoms with Crippen LogP contribution in [0.4, 0.5) is 0 Å². The van der Waals surface area contributed by atoms with Crippen LogP contribution in [0.1, 0.15) is 15.2 Å². The van der Waals surface area contributed by atoms with Gasteiger partial charge in [0.25, 0.3) is 0 Å². The lowest BCUT2D eigenvalue weighted by atomic mass is 10.1. The van der Waals surface area contributed by atoms with Crippen LogP contribution in [0.2, 0.25) is 0 Å². The summed E-state index contributed by atoms with van der Waals surface area (Å²) in [6, 6.07) is 4.47. The minimum absolute atomic E-state index is 0.0367. The van der Waals surface area contributed by atoms with Crippen molar-refractivity contribution in [1.82, 2.24) is 14.5 Å². The number of thiazole rings is 1. The van der Waals surface area contributed by atoms with E-state index in [-0.39, 0.29) is 17.6 Å². The maximum Gasteiger partial charge on any atom is 0.337 e. The van der Waals surface area contributed by atoms with E-state index in [4.69, 9.17) is 0 Å². The van der Waals surface area contributed by atoms with Crippen LogP contribution in [-0.4, -0.2) is 25.6 Å². The fourth-order valence-corrected chi connectivity index (χ4v) is 2.72. The third kappa shape index (κ3) is 2.25. The Balaban J connectivity index is 2.39. The van der Waals surface area contributed by atoms with Crippen LogP contribution in [-0.2, 0) is 6.54 Å². The van der Waals surface area contributed by atoms with E-state index in [1.807, 2.05) is 0 Å². The second kappa shape index (κ2) is 4.98. The predicted molar refractivity (Wildman–Crippen MR) is 77.0 cm³/mol. The Morgan fingerprint density at radius 3 is 2.86 bits per heavy atom. The Labute approximate surface area is 121 Å².